The van der Waals surface area contributed by atoms with Crippen LogP contribution in [0.25, 0.3) is 0 Å². The molecule has 0 aromatic carbocycles. The van der Waals surface area contributed by atoms with E-state index in [2.05, 4.69) is 4.98 Å². The monoisotopic (exact) mass is 272 g/mol. The van der Waals surface area contributed by atoms with Crippen LogP contribution in [0, 0.1) is 11.6 Å². The second-order valence-electron chi connectivity index (χ2n) is 5.12. The number of rotatable bonds is 3. The van der Waals surface area contributed by atoms with Crippen molar-refractivity contribution in [3.05, 3.63) is 17.7 Å². The van der Waals surface area contributed by atoms with Gasteiger partial charge in [0, 0.05) is 25.2 Å². The van der Waals surface area contributed by atoms with E-state index in [0.717, 1.165) is 6.07 Å². The van der Waals surface area contributed by atoms with Crippen LogP contribution in [-0.4, -0.2) is 54.3 Å². The topological polar surface area (TPSA) is 65.6 Å². The van der Waals surface area contributed by atoms with E-state index in [4.69, 9.17) is 5.73 Å². The Morgan fingerprint density at radius 3 is 2.79 bits per heavy atom. The summed E-state index contributed by atoms with van der Waals surface area (Å²) in [7, 11) is 3.79. The molecule has 1 aromatic rings. The Hall–Kier alpha value is -1.47. The first kappa shape index (κ1) is 14.0. The number of aliphatic hydroxyl groups excluding tert-OH is 1. The second-order valence-corrected chi connectivity index (χ2v) is 5.12. The molecule has 1 aliphatic heterocycles. The Kier molecular flexibility index (Phi) is 3.86. The van der Waals surface area contributed by atoms with Crippen molar-refractivity contribution < 1.29 is 13.9 Å². The maximum Gasteiger partial charge on any atom is 0.168 e. The van der Waals surface area contributed by atoms with E-state index in [1.165, 1.54) is 0 Å². The summed E-state index contributed by atoms with van der Waals surface area (Å²) in [6, 6.07) is 0.659. The highest BCUT2D eigenvalue weighted by molar-refractivity contribution is 5.49. The number of anilines is 2. The van der Waals surface area contributed by atoms with Crippen molar-refractivity contribution >= 4 is 11.6 Å². The number of halogens is 2. The highest BCUT2D eigenvalue weighted by Gasteiger charge is 2.34. The first-order valence-corrected chi connectivity index (χ1v) is 6.09. The molecular weight excluding hydrogens is 254 g/mol. The first-order chi connectivity index (χ1) is 8.88. The van der Waals surface area contributed by atoms with Gasteiger partial charge in [0.1, 0.15) is 0 Å². The van der Waals surface area contributed by atoms with Crippen molar-refractivity contribution in [3.8, 4) is 0 Å². The maximum atomic E-state index is 13.8. The van der Waals surface area contributed by atoms with Crippen molar-refractivity contribution in [1.29, 1.82) is 0 Å². The Balaban J connectivity index is 2.31. The van der Waals surface area contributed by atoms with Crippen LogP contribution >= 0.6 is 0 Å². The van der Waals surface area contributed by atoms with Gasteiger partial charge in [-0.25, -0.2) is 13.8 Å². The molecule has 2 heterocycles. The molecule has 0 amide bonds. The molecular formula is C12H18F2N4O. The van der Waals surface area contributed by atoms with Gasteiger partial charge in [-0.15, -0.1) is 0 Å². The van der Waals surface area contributed by atoms with Crippen molar-refractivity contribution in [3.63, 3.8) is 0 Å². The molecule has 106 valence electrons. The Morgan fingerprint density at radius 1 is 1.47 bits per heavy atom. The quantitative estimate of drug-likeness (QED) is 0.836. The summed E-state index contributed by atoms with van der Waals surface area (Å²) < 4.78 is 27.0. The number of hydrogen-bond acceptors (Lipinski definition) is 5. The van der Waals surface area contributed by atoms with E-state index in [-0.39, 0.29) is 24.2 Å². The van der Waals surface area contributed by atoms with E-state index >= 15 is 0 Å². The fraction of sp³-hybridized carbons (Fsp3) is 0.583. The Bertz CT molecular complexity index is 469. The van der Waals surface area contributed by atoms with Crippen molar-refractivity contribution in [2.24, 2.45) is 0 Å². The predicted octanol–water partition coefficient (Wildman–Crippen LogP) is 0.443. The van der Waals surface area contributed by atoms with Gasteiger partial charge in [0.25, 0.3) is 0 Å². The number of nitrogens with two attached hydrogens (primary N) is 1. The van der Waals surface area contributed by atoms with Gasteiger partial charge in [-0.1, -0.05) is 0 Å². The summed E-state index contributed by atoms with van der Waals surface area (Å²) >= 11 is 0. The van der Waals surface area contributed by atoms with Crippen molar-refractivity contribution in [1.82, 2.24) is 9.88 Å². The molecule has 2 unspecified atom stereocenters. The number of hydrogen-bond donors (Lipinski definition) is 2. The van der Waals surface area contributed by atoms with Gasteiger partial charge in [-0.2, -0.15) is 0 Å². The average Bonchev–Trinajstić information content (AvgIpc) is 2.63. The van der Waals surface area contributed by atoms with Gasteiger partial charge in [0.15, 0.2) is 23.3 Å². The van der Waals surface area contributed by atoms with Gasteiger partial charge in [-0.3, -0.25) is 0 Å². The SMILES string of the molecule is CN(C)CC1CC(O)CN1c1nc(N)c(F)cc1F. The summed E-state index contributed by atoms with van der Waals surface area (Å²) in [6.45, 7) is 0.920. The summed E-state index contributed by atoms with van der Waals surface area (Å²) in [5.74, 6) is -1.96. The third-order valence-electron chi connectivity index (χ3n) is 3.18. The predicted molar refractivity (Wildman–Crippen MR) is 68.9 cm³/mol. The number of nitrogen functional groups attached to an aromatic ring is 1. The molecule has 2 rings (SSSR count). The van der Waals surface area contributed by atoms with Crippen LogP contribution in [0.4, 0.5) is 20.4 Å². The average molecular weight is 272 g/mol. The van der Waals surface area contributed by atoms with Gasteiger partial charge in [0.2, 0.25) is 0 Å². The zero-order valence-corrected chi connectivity index (χ0v) is 11.0. The van der Waals surface area contributed by atoms with Crippen molar-refractivity contribution in [2.45, 2.75) is 18.6 Å². The van der Waals surface area contributed by atoms with E-state index in [1.807, 2.05) is 19.0 Å². The minimum atomic E-state index is -0.870. The van der Waals surface area contributed by atoms with Crippen LogP contribution in [0.2, 0.25) is 0 Å². The number of aliphatic hydroxyl groups is 1. The fourth-order valence-corrected chi connectivity index (χ4v) is 2.42. The molecule has 2 atom stereocenters. The molecule has 1 aromatic heterocycles. The summed E-state index contributed by atoms with van der Waals surface area (Å²) in [4.78, 5) is 7.36. The fourth-order valence-electron chi connectivity index (χ4n) is 2.42. The summed E-state index contributed by atoms with van der Waals surface area (Å²) in [6.07, 6.45) is -0.0197. The lowest BCUT2D eigenvalue weighted by Gasteiger charge is -2.28. The third-order valence-corrected chi connectivity index (χ3v) is 3.18. The van der Waals surface area contributed by atoms with Crippen LogP contribution in [0.1, 0.15) is 6.42 Å². The zero-order valence-electron chi connectivity index (χ0n) is 11.0. The first-order valence-electron chi connectivity index (χ1n) is 6.09. The van der Waals surface area contributed by atoms with Crippen LogP contribution in [0.15, 0.2) is 6.07 Å². The molecule has 19 heavy (non-hydrogen) atoms. The molecule has 0 saturated carbocycles. The lowest BCUT2D eigenvalue weighted by Crippen LogP contribution is -2.38. The standard InChI is InChI=1S/C12H18F2N4O/c1-17(2)5-7-3-8(19)6-18(7)12-10(14)4-9(13)11(15)16-12/h4,7-8,19H,3,5-6H2,1-2H3,(H2,15,16). The van der Waals surface area contributed by atoms with Gasteiger partial charge in [-0.05, 0) is 20.5 Å². The smallest absolute Gasteiger partial charge is 0.168 e. The molecule has 1 aliphatic rings. The molecule has 3 N–H and O–H groups in total. The van der Waals surface area contributed by atoms with Gasteiger partial charge in [0.05, 0.1) is 6.10 Å². The highest BCUT2D eigenvalue weighted by Crippen LogP contribution is 2.28. The van der Waals surface area contributed by atoms with Gasteiger partial charge < -0.3 is 20.6 Å². The molecule has 1 fully saturated rings. The van der Waals surface area contributed by atoms with E-state index in [1.54, 1.807) is 4.90 Å². The summed E-state index contributed by atoms with van der Waals surface area (Å²) in [5, 5.41) is 9.74. The van der Waals surface area contributed by atoms with Crippen LogP contribution in [0.5, 0.6) is 0 Å². The van der Waals surface area contributed by atoms with Crippen molar-refractivity contribution in [2.75, 3.05) is 37.8 Å². The highest BCUT2D eigenvalue weighted by atomic mass is 19.1. The van der Waals surface area contributed by atoms with Crippen LogP contribution in [0.3, 0.4) is 0 Å². The maximum absolute atomic E-state index is 13.8. The molecule has 7 heteroatoms. The normalized spacial score (nSPS) is 23.4. The number of likely N-dealkylation sites (N-methyl/N-ethyl adjacent to an activating group) is 1. The van der Waals surface area contributed by atoms with E-state index in [9.17, 15) is 13.9 Å². The molecule has 0 bridgehead atoms. The third kappa shape index (κ3) is 2.93. The molecule has 5 nitrogen and oxygen atoms in total. The zero-order chi connectivity index (χ0) is 14.2. The number of β-amino-alcohol motifs (C(OH)–C–C–N with tert-alkyl or cyclic N) is 1. The van der Waals surface area contributed by atoms with Crippen LogP contribution < -0.4 is 10.6 Å². The second kappa shape index (κ2) is 5.26. The minimum absolute atomic E-state index is 0.00213. The molecule has 0 radical (unpaired) electrons. The largest absolute Gasteiger partial charge is 0.391 e. The molecule has 0 spiro atoms. The number of pyridine rings is 1. The van der Waals surface area contributed by atoms with E-state index in [0.29, 0.717) is 13.0 Å². The number of nitrogens with zero attached hydrogens (tertiary/aromatic N) is 3. The lowest BCUT2D eigenvalue weighted by atomic mass is 10.2. The summed E-state index contributed by atoms with van der Waals surface area (Å²) in [5.41, 5.74) is 5.39. The van der Waals surface area contributed by atoms with E-state index < -0.39 is 17.7 Å². The Morgan fingerprint density at radius 2 is 2.16 bits per heavy atom. The molecule has 1 saturated heterocycles. The Labute approximate surface area is 110 Å². The van der Waals surface area contributed by atoms with Gasteiger partial charge >= 0.3 is 0 Å². The minimum Gasteiger partial charge on any atom is -0.391 e. The number of aromatic nitrogens is 1. The molecule has 0 aliphatic carbocycles. The van der Waals surface area contributed by atoms with Crippen LogP contribution in [-0.2, 0) is 0 Å². The lowest BCUT2D eigenvalue weighted by molar-refractivity contribution is 0.191.